The molecule has 0 spiro atoms. The number of aromatic nitrogens is 2. The lowest BCUT2D eigenvalue weighted by Gasteiger charge is -2.19. The summed E-state index contributed by atoms with van der Waals surface area (Å²) in [7, 11) is 0. The molecule has 0 fully saturated rings. The van der Waals surface area contributed by atoms with Crippen molar-refractivity contribution in [3.05, 3.63) is 71.8 Å². The molecule has 7 heteroatoms. The van der Waals surface area contributed by atoms with E-state index in [-0.39, 0.29) is 22.1 Å². The van der Waals surface area contributed by atoms with E-state index in [1.165, 1.54) is 36.5 Å². The zero-order valence-electron chi connectivity index (χ0n) is 16.1. The Morgan fingerprint density at radius 3 is 2.10 bits per heavy atom. The van der Waals surface area contributed by atoms with E-state index in [4.69, 9.17) is 5.11 Å². The molecule has 0 amide bonds. The predicted molar refractivity (Wildman–Crippen MR) is 104 cm³/mol. The van der Waals surface area contributed by atoms with Gasteiger partial charge in [-0.05, 0) is 41.5 Å². The van der Waals surface area contributed by atoms with Gasteiger partial charge in [0.1, 0.15) is 0 Å². The van der Waals surface area contributed by atoms with Gasteiger partial charge in [0.2, 0.25) is 0 Å². The highest BCUT2D eigenvalue weighted by molar-refractivity contribution is 5.88. The van der Waals surface area contributed by atoms with Gasteiger partial charge in [-0.25, -0.2) is 4.79 Å². The average molecular weight is 400 g/mol. The van der Waals surface area contributed by atoms with E-state index in [0.717, 1.165) is 5.69 Å². The molecule has 0 saturated carbocycles. The minimum Gasteiger partial charge on any atom is -0.478 e. The molecule has 0 unspecified atom stereocenters. The standard InChI is InChI=1S/C22H19F3N2O2/c1-21(2,3)18-11-15(8-9-26-18)16-10-17(19(27-12-16)22(23,24)25)13-4-6-14(7-5-13)20(28)29/h4-12H,1-3H3,(H,28,29). The van der Waals surface area contributed by atoms with Gasteiger partial charge < -0.3 is 5.11 Å². The highest BCUT2D eigenvalue weighted by Crippen LogP contribution is 2.38. The predicted octanol–water partition coefficient (Wildman–Crippen LogP) is 5.83. The molecule has 0 aliphatic carbocycles. The van der Waals surface area contributed by atoms with Crippen LogP contribution in [0.1, 0.15) is 42.5 Å². The maximum absolute atomic E-state index is 13.5. The van der Waals surface area contributed by atoms with Crippen molar-refractivity contribution in [2.24, 2.45) is 0 Å². The fourth-order valence-electron chi connectivity index (χ4n) is 2.88. The third kappa shape index (κ3) is 4.45. The van der Waals surface area contributed by atoms with Crippen LogP contribution in [0.5, 0.6) is 0 Å². The summed E-state index contributed by atoms with van der Waals surface area (Å²) in [5.74, 6) is -1.15. The Morgan fingerprint density at radius 1 is 0.897 bits per heavy atom. The molecular formula is C22H19F3N2O2. The van der Waals surface area contributed by atoms with Crippen LogP contribution in [-0.2, 0) is 11.6 Å². The topological polar surface area (TPSA) is 63.1 Å². The van der Waals surface area contributed by atoms with Crippen LogP contribution in [-0.4, -0.2) is 21.0 Å². The fraction of sp³-hybridized carbons (Fsp3) is 0.227. The molecule has 0 saturated heterocycles. The van der Waals surface area contributed by atoms with Gasteiger partial charge in [-0.3, -0.25) is 9.97 Å². The largest absolute Gasteiger partial charge is 0.478 e. The number of hydrogen-bond donors (Lipinski definition) is 1. The molecule has 0 radical (unpaired) electrons. The second-order valence-corrected chi connectivity index (χ2v) is 7.68. The fourth-order valence-corrected chi connectivity index (χ4v) is 2.88. The molecule has 1 N–H and O–H groups in total. The first kappa shape index (κ1) is 20.5. The van der Waals surface area contributed by atoms with Crippen molar-refractivity contribution in [2.45, 2.75) is 32.4 Å². The maximum Gasteiger partial charge on any atom is 0.433 e. The molecule has 29 heavy (non-hydrogen) atoms. The van der Waals surface area contributed by atoms with Gasteiger partial charge in [0.15, 0.2) is 5.69 Å². The minimum atomic E-state index is -4.64. The highest BCUT2D eigenvalue weighted by Gasteiger charge is 2.36. The zero-order chi connectivity index (χ0) is 21.4. The molecular weight excluding hydrogens is 381 g/mol. The normalized spacial score (nSPS) is 12.1. The van der Waals surface area contributed by atoms with Gasteiger partial charge in [0.25, 0.3) is 0 Å². The summed E-state index contributed by atoms with van der Waals surface area (Å²) >= 11 is 0. The maximum atomic E-state index is 13.5. The van der Waals surface area contributed by atoms with E-state index in [2.05, 4.69) is 9.97 Å². The first-order valence-electron chi connectivity index (χ1n) is 8.85. The summed E-state index contributed by atoms with van der Waals surface area (Å²) in [6.45, 7) is 6.00. The van der Waals surface area contributed by atoms with Crippen molar-refractivity contribution in [1.29, 1.82) is 0 Å². The van der Waals surface area contributed by atoms with Crippen molar-refractivity contribution < 1.29 is 23.1 Å². The van der Waals surface area contributed by atoms with Crippen molar-refractivity contribution in [2.75, 3.05) is 0 Å². The first-order valence-corrected chi connectivity index (χ1v) is 8.85. The van der Waals surface area contributed by atoms with Gasteiger partial charge >= 0.3 is 12.1 Å². The Balaban J connectivity index is 2.16. The number of benzene rings is 1. The van der Waals surface area contributed by atoms with Crippen LogP contribution in [0.15, 0.2) is 54.9 Å². The molecule has 0 aliphatic heterocycles. The molecule has 3 rings (SSSR count). The molecule has 0 bridgehead atoms. The molecule has 0 aliphatic rings. The first-order chi connectivity index (χ1) is 13.5. The lowest BCUT2D eigenvalue weighted by atomic mass is 9.90. The number of carbonyl (C=O) groups is 1. The number of alkyl halides is 3. The van der Waals surface area contributed by atoms with Crippen molar-refractivity contribution >= 4 is 5.97 Å². The van der Waals surface area contributed by atoms with Crippen LogP contribution in [0.2, 0.25) is 0 Å². The van der Waals surface area contributed by atoms with Gasteiger partial charge in [-0.2, -0.15) is 13.2 Å². The smallest absolute Gasteiger partial charge is 0.433 e. The zero-order valence-corrected chi connectivity index (χ0v) is 16.1. The number of rotatable bonds is 3. The number of aromatic carboxylic acids is 1. The molecule has 0 atom stereocenters. The molecule has 2 heterocycles. The Bertz CT molecular complexity index is 1050. The van der Waals surface area contributed by atoms with Crippen LogP contribution < -0.4 is 0 Å². The molecule has 150 valence electrons. The molecule has 4 nitrogen and oxygen atoms in total. The Morgan fingerprint density at radius 2 is 1.55 bits per heavy atom. The van der Waals surface area contributed by atoms with E-state index < -0.39 is 17.8 Å². The number of pyridine rings is 2. The summed E-state index contributed by atoms with van der Waals surface area (Å²) in [5.41, 5.74) is 0.915. The van der Waals surface area contributed by atoms with Crippen molar-refractivity contribution in [1.82, 2.24) is 9.97 Å². The van der Waals surface area contributed by atoms with Crippen LogP contribution in [0.3, 0.4) is 0 Å². The van der Waals surface area contributed by atoms with Gasteiger partial charge in [-0.1, -0.05) is 32.9 Å². The van der Waals surface area contributed by atoms with E-state index in [1.54, 1.807) is 12.3 Å². The molecule has 1 aromatic carbocycles. The SMILES string of the molecule is CC(C)(C)c1cc(-c2cnc(C(F)(F)F)c(-c3ccc(C(=O)O)cc3)c2)ccn1. The van der Waals surface area contributed by atoms with E-state index in [0.29, 0.717) is 11.1 Å². The summed E-state index contributed by atoms with van der Waals surface area (Å²) in [6.07, 6.45) is -1.83. The minimum absolute atomic E-state index is 0.00428. The van der Waals surface area contributed by atoms with Gasteiger partial charge in [0, 0.05) is 34.6 Å². The Hall–Kier alpha value is -3.22. The lowest BCUT2D eigenvalue weighted by Crippen LogP contribution is -2.13. The third-order valence-electron chi connectivity index (χ3n) is 4.46. The number of hydrogen-bond acceptors (Lipinski definition) is 3. The summed E-state index contributed by atoms with van der Waals surface area (Å²) in [6, 6.07) is 10.2. The highest BCUT2D eigenvalue weighted by atomic mass is 19.4. The van der Waals surface area contributed by atoms with Crippen molar-refractivity contribution in [3.8, 4) is 22.3 Å². The van der Waals surface area contributed by atoms with Crippen LogP contribution in [0.4, 0.5) is 13.2 Å². The summed E-state index contributed by atoms with van der Waals surface area (Å²) < 4.78 is 40.6. The number of carboxylic acid groups (broad SMARTS) is 1. The van der Waals surface area contributed by atoms with Crippen LogP contribution in [0.25, 0.3) is 22.3 Å². The summed E-state index contributed by atoms with van der Waals surface area (Å²) in [4.78, 5) is 19.1. The summed E-state index contributed by atoms with van der Waals surface area (Å²) in [5, 5.41) is 9.02. The number of carboxylic acids is 1. The van der Waals surface area contributed by atoms with E-state index >= 15 is 0 Å². The molecule has 2 aromatic heterocycles. The number of nitrogens with zero attached hydrogens (tertiary/aromatic N) is 2. The van der Waals surface area contributed by atoms with Gasteiger partial charge in [-0.15, -0.1) is 0 Å². The monoisotopic (exact) mass is 400 g/mol. The van der Waals surface area contributed by atoms with Crippen molar-refractivity contribution in [3.63, 3.8) is 0 Å². The van der Waals surface area contributed by atoms with E-state index in [1.807, 2.05) is 26.8 Å². The quantitative estimate of drug-likeness (QED) is 0.601. The van der Waals surface area contributed by atoms with Gasteiger partial charge in [0.05, 0.1) is 5.56 Å². The Kier molecular flexibility index (Phi) is 5.17. The van der Waals surface area contributed by atoms with Crippen LogP contribution >= 0.6 is 0 Å². The van der Waals surface area contributed by atoms with Crippen LogP contribution in [0, 0.1) is 0 Å². The third-order valence-corrected chi connectivity index (χ3v) is 4.46. The second kappa shape index (κ2) is 7.31. The Labute approximate surface area is 166 Å². The average Bonchev–Trinajstić information content (AvgIpc) is 2.66. The second-order valence-electron chi connectivity index (χ2n) is 7.68. The molecule has 3 aromatic rings. The van der Waals surface area contributed by atoms with E-state index in [9.17, 15) is 18.0 Å². The lowest BCUT2D eigenvalue weighted by molar-refractivity contribution is -0.140. The number of halogens is 3.